The molecule has 2 aliphatic rings. The lowest BCUT2D eigenvalue weighted by atomic mass is 9.87. The lowest BCUT2D eigenvalue weighted by Gasteiger charge is -2.41. The first-order chi connectivity index (χ1) is 11.9. The summed E-state index contributed by atoms with van der Waals surface area (Å²) in [6.45, 7) is 4.19. The monoisotopic (exact) mass is 466 g/mol. The molecule has 0 N–H and O–H groups in total. The fraction of sp³-hybridized carbons (Fsp3) is 0.381. The van der Waals surface area contributed by atoms with E-state index in [4.69, 9.17) is 0 Å². The highest BCUT2D eigenvalue weighted by Gasteiger charge is 2.47. The van der Waals surface area contributed by atoms with Crippen molar-refractivity contribution in [2.24, 2.45) is 0 Å². The SMILES string of the molecule is Cc1ccc2c(c1)C1C[N+](C)(C)CCC1N2C(=O)c1ccc(F)cc1.[I-]. The first kappa shape index (κ1) is 19.3. The van der Waals surface area contributed by atoms with Crippen molar-refractivity contribution in [2.75, 3.05) is 32.1 Å². The van der Waals surface area contributed by atoms with Gasteiger partial charge in [0.2, 0.25) is 0 Å². The van der Waals surface area contributed by atoms with Gasteiger partial charge in [0.1, 0.15) is 5.82 Å². The zero-order chi connectivity index (χ0) is 17.8. The molecule has 0 bridgehead atoms. The van der Waals surface area contributed by atoms with E-state index in [0.29, 0.717) is 11.5 Å². The van der Waals surface area contributed by atoms with E-state index < -0.39 is 0 Å². The maximum atomic E-state index is 13.2. The Labute approximate surface area is 171 Å². The smallest absolute Gasteiger partial charge is 0.258 e. The van der Waals surface area contributed by atoms with Crippen LogP contribution in [-0.2, 0) is 0 Å². The first-order valence-electron chi connectivity index (χ1n) is 8.87. The highest BCUT2D eigenvalue weighted by molar-refractivity contribution is 6.08. The number of carbonyl (C=O) groups is 1. The van der Waals surface area contributed by atoms with Crippen molar-refractivity contribution in [3.05, 3.63) is 65.0 Å². The minimum atomic E-state index is -0.316. The number of carbonyl (C=O) groups excluding carboxylic acids is 1. The molecular weight excluding hydrogens is 442 g/mol. The number of fused-ring (bicyclic) bond motifs is 3. The van der Waals surface area contributed by atoms with Crippen molar-refractivity contribution in [2.45, 2.75) is 25.3 Å². The molecule has 3 nitrogen and oxygen atoms in total. The number of anilines is 1. The highest BCUT2D eigenvalue weighted by atomic mass is 127. The summed E-state index contributed by atoms with van der Waals surface area (Å²) >= 11 is 0. The van der Waals surface area contributed by atoms with Crippen LogP contribution in [0.3, 0.4) is 0 Å². The number of amides is 1. The van der Waals surface area contributed by atoms with E-state index in [2.05, 4.69) is 39.2 Å². The van der Waals surface area contributed by atoms with E-state index >= 15 is 0 Å². The van der Waals surface area contributed by atoms with Gasteiger partial charge >= 0.3 is 0 Å². The highest BCUT2D eigenvalue weighted by Crippen LogP contribution is 2.46. The third-order valence-corrected chi connectivity index (χ3v) is 5.67. The van der Waals surface area contributed by atoms with Crippen LogP contribution in [0, 0.1) is 12.7 Å². The van der Waals surface area contributed by atoms with Crippen LogP contribution in [0.15, 0.2) is 42.5 Å². The van der Waals surface area contributed by atoms with Gasteiger partial charge in [-0.25, -0.2) is 4.39 Å². The van der Waals surface area contributed by atoms with Gasteiger partial charge in [0, 0.05) is 17.7 Å². The summed E-state index contributed by atoms with van der Waals surface area (Å²) in [6, 6.07) is 12.5. The van der Waals surface area contributed by atoms with Crippen LogP contribution in [-0.4, -0.2) is 43.6 Å². The molecule has 26 heavy (non-hydrogen) atoms. The van der Waals surface area contributed by atoms with Crippen LogP contribution < -0.4 is 28.9 Å². The summed E-state index contributed by atoms with van der Waals surface area (Å²) in [4.78, 5) is 15.2. The molecule has 0 saturated carbocycles. The Morgan fingerprint density at radius 1 is 1.15 bits per heavy atom. The quantitative estimate of drug-likeness (QED) is 0.449. The molecule has 1 amide bonds. The molecule has 1 fully saturated rings. The van der Waals surface area contributed by atoms with Gasteiger partial charge in [-0.2, -0.15) is 0 Å². The van der Waals surface area contributed by atoms with Crippen LogP contribution >= 0.6 is 0 Å². The zero-order valence-corrected chi connectivity index (χ0v) is 17.5. The standard InChI is InChI=1S/C21H24FN2O.HI/c1-14-4-9-19-17(12-14)18-13-24(2,3)11-10-20(18)23(19)21(25)15-5-7-16(22)8-6-15;/h4-9,12,18,20H,10-11,13H2,1-3H3;1H/q+1;/p-1. The number of halogens is 2. The number of aryl methyl sites for hydroxylation is 1. The Bertz CT molecular complexity index is 834. The van der Waals surface area contributed by atoms with E-state index in [1.807, 2.05) is 4.90 Å². The van der Waals surface area contributed by atoms with Gasteiger partial charge in [-0.15, -0.1) is 0 Å². The summed E-state index contributed by atoms with van der Waals surface area (Å²) in [7, 11) is 4.52. The molecule has 2 atom stereocenters. The maximum absolute atomic E-state index is 13.2. The molecule has 0 aliphatic carbocycles. The number of hydrogen-bond donors (Lipinski definition) is 0. The molecule has 5 heteroatoms. The molecule has 2 heterocycles. The predicted molar refractivity (Wildman–Crippen MR) is 97.4 cm³/mol. The molecule has 0 radical (unpaired) electrons. The number of likely N-dealkylation sites (tertiary alicyclic amines) is 1. The topological polar surface area (TPSA) is 20.3 Å². The van der Waals surface area contributed by atoms with Crippen LogP contribution in [0.5, 0.6) is 0 Å². The van der Waals surface area contributed by atoms with Crippen molar-refractivity contribution in [3.8, 4) is 0 Å². The fourth-order valence-corrected chi connectivity index (χ4v) is 4.40. The molecule has 138 valence electrons. The van der Waals surface area contributed by atoms with Crippen LogP contribution in [0.1, 0.15) is 33.8 Å². The van der Waals surface area contributed by atoms with Gasteiger partial charge in [-0.1, -0.05) is 17.7 Å². The number of likely N-dealkylation sites (N-methyl/N-ethyl adjacent to an activating group) is 1. The second-order valence-electron chi connectivity index (χ2n) is 8.05. The number of nitrogens with zero attached hydrogens (tertiary/aromatic N) is 2. The van der Waals surface area contributed by atoms with Gasteiger partial charge in [-0.05, 0) is 42.8 Å². The Balaban J connectivity index is 0.00000196. The predicted octanol–water partition coefficient (Wildman–Crippen LogP) is 0.731. The average molecular weight is 466 g/mol. The minimum absolute atomic E-state index is 0. The second kappa shape index (κ2) is 6.93. The molecular formula is C21H24FIN2O. The van der Waals surface area contributed by atoms with Crippen LogP contribution in [0.25, 0.3) is 0 Å². The zero-order valence-electron chi connectivity index (χ0n) is 15.4. The molecule has 2 aliphatic heterocycles. The Hall–Kier alpha value is -1.47. The number of rotatable bonds is 1. The maximum Gasteiger partial charge on any atom is 0.258 e. The summed E-state index contributed by atoms with van der Waals surface area (Å²) in [5.41, 5.74) is 4.08. The third kappa shape index (κ3) is 3.27. The molecule has 2 aromatic rings. The summed E-state index contributed by atoms with van der Waals surface area (Å²) in [5.74, 6) is 0.0245. The normalized spacial score (nSPS) is 23.0. The Kier molecular flexibility index (Phi) is 5.14. The van der Waals surface area contributed by atoms with Crippen molar-refractivity contribution < 1.29 is 37.6 Å². The Morgan fingerprint density at radius 3 is 2.54 bits per heavy atom. The van der Waals surface area contributed by atoms with Gasteiger partial charge in [0.05, 0.1) is 39.1 Å². The van der Waals surface area contributed by atoms with Gasteiger partial charge in [0.15, 0.2) is 0 Å². The summed E-state index contributed by atoms with van der Waals surface area (Å²) < 4.78 is 14.2. The van der Waals surface area contributed by atoms with Gasteiger partial charge in [0.25, 0.3) is 5.91 Å². The van der Waals surface area contributed by atoms with Crippen molar-refractivity contribution >= 4 is 11.6 Å². The van der Waals surface area contributed by atoms with Crippen LogP contribution in [0.4, 0.5) is 10.1 Å². The van der Waals surface area contributed by atoms with Crippen molar-refractivity contribution in [3.63, 3.8) is 0 Å². The van der Waals surface area contributed by atoms with E-state index in [1.165, 1.54) is 23.3 Å². The van der Waals surface area contributed by atoms with Gasteiger partial charge in [-0.3, -0.25) is 4.79 Å². The van der Waals surface area contributed by atoms with E-state index in [9.17, 15) is 9.18 Å². The Morgan fingerprint density at radius 2 is 1.85 bits per heavy atom. The lowest BCUT2D eigenvalue weighted by Crippen LogP contribution is -3.00. The number of quaternary nitrogens is 1. The number of hydrogen-bond acceptors (Lipinski definition) is 1. The molecule has 4 rings (SSSR count). The number of benzene rings is 2. The second-order valence-corrected chi connectivity index (χ2v) is 8.05. The van der Waals surface area contributed by atoms with Crippen molar-refractivity contribution in [1.82, 2.24) is 0 Å². The lowest BCUT2D eigenvalue weighted by molar-refractivity contribution is -0.896. The summed E-state index contributed by atoms with van der Waals surface area (Å²) in [5, 5.41) is 0. The third-order valence-electron chi connectivity index (χ3n) is 5.67. The minimum Gasteiger partial charge on any atom is -1.00 e. The summed E-state index contributed by atoms with van der Waals surface area (Å²) in [6.07, 6.45) is 0.984. The van der Waals surface area contributed by atoms with E-state index in [1.54, 1.807) is 12.1 Å². The first-order valence-corrected chi connectivity index (χ1v) is 8.87. The van der Waals surface area contributed by atoms with E-state index in [-0.39, 0.29) is 41.7 Å². The number of piperidine rings is 1. The molecule has 1 saturated heterocycles. The molecule has 0 aromatic heterocycles. The molecule has 2 aromatic carbocycles. The van der Waals surface area contributed by atoms with Crippen LogP contribution in [0.2, 0.25) is 0 Å². The van der Waals surface area contributed by atoms with Gasteiger partial charge < -0.3 is 33.4 Å². The van der Waals surface area contributed by atoms with Crippen molar-refractivity contribution in [1.29, 1.82) is 0 Å². The largest absolute Gasteiger partial charge is 1.00 e. The molecule has 0 spiro atoms. The van der Waals surface area contributed by atoms with E-state index in [0.717, 1.165) is 29.7 Å². The molecule has 2 unspecified atom stereocenters. The fourth-order valence-electron chi connectivity index (χ4n) is 4.40. The average Bonchev–Trinajstić information content (AvgIpc) is 2.87.